The molecule has 1 spiro atoms. The molecule has 2 unspecified atom stereocenters. The van der Waals surface area contributed by atoms with Crippen molar-refractivity contribution in [2.75, 3.05) is 6.54 Å². The number of ether oxygens (including phenoxy) is 1. The van der Waals surface area contributed by atoms with Crippen LogP contribution in [0.5, 0.6) is 0 Å². The van der Waals surface area contributed by atoms with Crippen molar-refractivity contribution in [1.82, 2.24) is 20.4 Å². The maximum atomic E-state index is 12.9. The maximum Gasteiger partial charge on any atom is 0.326 e. The lowest BCUT2D eigenvalue weighted by molar-refractivity contribution is -0.150. The summed E-state index contributed by atoms with van der Waals surface area (Å²) in [6.45, 7) is 5.51. The number of carbonyl (C=O) groups is 3. The van der Waals surface area contributed by atoms with Gasteiger partial charge in [0.05, 0.1) is 0 Å². The summed E-state index contributed by atoms with van der Waals surface area (Å²) in [5.74, 6) is -0.0821. The Hall–Kier alpha value is -3.23. The summed E-state index contributed by atoms with van der Waals surface area (Å²) in [6.07, 6.45) is 3.35. The van der Waals surface area contributed by atoms with E-state index in [2.05, 4.69) is 29.3 Å². The van der Waals surface area contributed by atoms with E-state index >= 15 is 0 Å². The number of urea groups is 1. The number of hydrogen-bond donors (Lipinski definition) is 1. The highest BCUT2D eigenvalue weighted by Crippen LogP contribution is 2.38. The Kier molecular flexibility index (Phi) is 5.99. The second-order valence-electron chi connectivity index (χ2n) is 8.89. The fourth-order valence-electron chi connectivity index (χ4n) is 4.40. The lowest BCUT2D eigenvalue weighted by Gasteiger charge is -2.36. The molecule has 2 heterocycles. The Morgan fingerprint density at radius 3 is 2.72 bits per heavy atom. The van der Waals surface area contributed by atoms with Crippen molar-refractivity contribution in [3.63, 3.8) is 0 Å². The number of aromatic nitrogens is 2. The zero-order valence-electron chi connectivity index (χ0n) is 18.6. The van der Waals surface area contributed by atoms with E-state index in [0.717, 1.165) is 29.7 Å². The fourth-order valence-corrected chi connectivity index (χ4v) is 4.40. The number of imide groups is 1. The van der Waals surface area contributed by atoms with Crippen LogP contribution < -0.4 is 5.32 Å². The van der Waals surface area contributed by atoms with Crippen LogP contribution in [-0.4, -0.2) is 45.0 Å². The second kappa shape index (κ2) is 8.72. The normalized spacial score (nSPS) is 23.1. The molecule has 2 aliphatic rings. The van der Waals surface area contributed by atoms with E-state index in [0.29, 0.717) is 18.2 Å². The van der Waals surface area contributed by atoms with Crippen LogP contribution >= 0.6 is 0 Å². The summed E-state index contributed by atoms with van der Waals surface area (Å²) in [4.78, 5) is 42.8. The quantitative estimate of drug-likeness (QED) is 0.541. The smallest absolute Gasteiger partial charge is 0.326 e. The summed E-state index contributed by atoms with van der Waals surface area (Å²) in [5.41, 5.74) is 1.10. The lowest BCUT2D eigenvalue weighted by atomic mass is 9.73. The summed E-state index contributed by atoms with van der Waals surface area (Å²) in [7, 11) is 0. The van der Waals surface area contributed by atoms with E-state index < -0.39 is 24.1 Å². The highest BCUT2D eigenvalue weighted by Gasteiger charge is 2.55. The molecule has 2 fully saturated rings. The molecule has 170 valence electrons. The summed E-state index contributed by atoms with van der Waals surface area (Å²) in [6, 6.07) is 7.29. The van der Waals surface area contributed by atoms with Gasteiger partial charge in [0.25, 0.3) is 11.8 Å². The average Bonchev–Trinajstić information content (AvgIpc) is 3.34. The molecule has 0 radical (unpaired) electrons. The SMILES string of the molecule is CC(C)c1ccc(-c2noc(COC(=O)CN3C(=O)NC4(CCCCC4C)C3=O)n2)cc1. The van der Waals surface area contributed by atoms with E-state index in [1.54, 1.807) is 0 Å². The van der Waals surface area contributed by atoms with Gasteiger partial charge < -0.3 is 14.6 Å². The van der Waals surface area contributed by atoms with E-state index in [1.165, 1.54) is 5.56 Å². The van der Waals surface area contributed by atoms with Crippen LogP contribution in [0.3, 0.4) is 0 Å². The van der Waals surface area contributed by atoms with Crippen molar-refractivity contribution in [3.05, 3.63) is 35.7 Å². The fraction of sp³-hybridized carbons (Fsp3) is 0.522. The minimum absolute atomic E-state index is 0.0279. The van der Waals surface area contributed by atoms with Crippen LogP contribution in [0.15, 0.2) is 28.8 Å². The van der Waals surface area contributed by atoms with Crippen LogP contribution in [0.4, 0.5) is 4.79 Å². The highest BCUT2D eigenvalue weighted by molar-refractivity contribution is 6.08. The first kappa shape index (κ1) is 22.0. The highest BCUT2D eigenvalue weighted by atomic mass is 16.6. The topological polar surface area (TPSA) is 115 Å². The molecule has 1 aromatic heterocycles. The van der Waals surface area contributed by atoms with Gasteiger partial charge in [0.1, 0.15) is 12.1 Å². The first-order valence-electron chi connectivity index (χ1n) is 11.0. The number of nitrogens with zero attached hydrogens (tertiary/aromatic N) is 3. The van der Waals surface area contributed by atoms with Gasteiger partial charge >= 0.3 is 12.0 Å². The molecule has 1 aliphatic carbocycles. The third kappa shape index (κ3) is 4.11. The predicted octanol–water partition coefficient (Wildman–Crippen LogP) is 3.40. The standard InChI is InChI=1S/C23H28N4O5/c1-14(2)16-7-9-17(10-8-16)20-24-18(32-26-20)13-31-19(28)12-27-21(29)23(25-22(27)30)11-5-4-6-15(23)3/h7-10,14-15H,4-6,11-13H2,1-3H3,(H,25,30). The van der Waals surface area contributed by atoms with Gasteiger partial charge in [-0.1, -0.05) is 63.0 Å². The average molecular weight is 441 g/mol. The number of esters is 1. The second-order valence-corrected chi connectivity index (χ2v) is 8.89. The molecular weight excluding hydrogens is 412 g/mol. The summed E-state index contributed by atoms with van der Waals surface area (Å²) in [5, 5.41) is 6.74. The van der Waals surface area contributed by atoms with E-state index in [-0.39, 0.29) is 24.3 Å². The Bertz CT molecular complexity index is 1020. The van der Waals surface area contributed by atoms with Crippen molar-refractivity contribution >= 4 is 17.9 Å². The zero-order chi connectivity index (χ0) is 22.9. The molecule has 1 aromatic carbocycles. The number of hydrogen-bond acceptors (Lipinski definition) is 7. The zero-order valence-corrected chi connectivity index (χ0v) is 18.6. The maximum absolute atomic E-state index is 12.9. The van der Waals surface area contributed by atoms with Crippen molar-refractivity contribution in [2.45, 2.75) is 64.5 Å². The van der Waals surface area contributed by atoms with Crippen LogP contribution in [0.2, 0.25) is 0 Å². The Labute approximate surface area is 186 Å². The minimum Gasteiger partial charge on any atom is -0.454 e. The molecule has 1 saturated carbocycles. The monoisotopic (exact) mass is 440 g/mol. The van der Waals surface area contributed by atoms with Gasteiger partial charge in [0.2, 0.25) is 5.82 Å². The van der Waals surface area contributed by atoms with E-state index in [4.69, 9.17) is 9.26 Å². The minimum atomic E-state index is -0.901. The Morgan fingerprint density at radius 2 is 2.03 bits per heavy atom. The van der Waals surface area contributed by atoms with Gasteiger partial charge in [0.15, 0.2) is 6.61 Å². The number of rotatable bonds is 6. The van der Waals surface area contributed by atoms with Crippen molar-refractivity contribution in [3.8, 4) is 11.4 Å². The first-order chi connectivity index (χ1) is 15.3. The first-order valence-corrected chi connectivity index (χ1v) is 11.0. The molecule has 4 rings (SSSR count). The van der Waals surface area contributed by atoms with Crippen molar-refractivity contribution < 1.29 is 23.6 Å². The molecular formula is C23H28N4O5. The molecule has 1 N–H and O–H groups in total. The van der Waals surface area contributed by atoms with Gasteiger partial charge in [-0.05, 0) is 30.2 Å². The van der Waals surface area contributed by atoms with Crippen molar-refractivity contribution in [1.29, 1.82) is 0 Å². The van der Waals surface area contributed by atoms with Gasteiger partial charge in [-0.25, -0.2) is 4.79 Å². The van der Waals surface area contributed by atoms with Gasteiger partial charge in [-0.3, -0.25) is 14.5 Å². The number of nitrogens with one attached hydrogen (secondary N) is 1. The Morgan fingerprint density at radius 1 is 1.28 bits per heavy atom. The van der Waals surface area contributed by atoms with Gasteiger partial charge in [-0.2, -0.15) is 4.98 Å². The largest absolute Gasteiger partial charge is 0.454 e. The number of benzene rings is 1. The molecule has 32 heavy (non-hydrogen) atoms. The van der Waals surface area contributed by atoms with Crippen LogP contribution in [0.1, 0.15) is 63.8 Å². The molecule has 1 aliphatic heterocycles. The summed E-state index contributed by atoms with van der Waals surface area (Å²) >= 11 is 0. The summed E-state index contributed by atoms with van der Waals surface area (Å²) < 4.78 is 10.3. The third-order valence-corrected chi connectivity index (χ3v) is 6.45. The van der Waals surface area contributed by atoms with Crippen LogP contribution in [-0.2, 0) is 20.9 Å². The molecule has 2 atom stereocenters. The van der Waals surface area contributed by atoms with Crippen molar-refractivity contribution in [2.24, 2.45) is 5.92 Å². The van der Waals surface area contributed by atoms with E-state index in [9.17, 15) is 14.4 Å². The number of carbonyl (C=O) groups excluding carboxylic acids is 3. The molecule has 9 nitrogen and oxygen atoms in total. The number of amides is 3. The lowest BCUT2D eigenvalue weighted by Crippen LogP contribution is -2.54. The predicted molar refractivity (Wildman–Crippen MR) is 114 cm³/mol. The van der Waals surface area contributed by atoms with Crippen LogP contribution in [0, 0.1) is 5.92 Å². The molecule has 9 heteroatoms. The van der Waals surface area contributed by atoms with Crippen LogP contribution in [0.25, 0.3) is 11.4 Å². The van der Waals surface area contributed by atoms with Gasteiger partial charge in [0, 0.05) is 5.56 Å². The molecule has 2 aromatic rings. The third-order valence-electron chi connectivity index (χ3n) is 6.45. The molecule has 1 saturated heterocycles. The molecule has 3 amide bonds. The van der Waals surface area contributed by atoms with Gasteiger partial charge in [-0.15, -0.1) is 0 Å². The van der Waals surface area contributed by atoms with E-state index in [1.807, 2.05) is 31.2 Å². The molecule has 0 bridgehead atoms. The Balaban J connectivity index is 1.34.